The molecular weight excluding hydrogens is 416 g/mol. The van der Waals surface area contributed by atoms with E-state index in [4.69, 9.17) is 23.2 Å². The van der Waals surface area contributed by atoms with Crippen LogP contribution in [0.2, 0.25) is 10.0 Å². The number of amides is 2. The number of hydrazone groups is 1. The number of nitrogens with zero attached hydrogens (tertiary/aromatic N) is 1. The lowest BCUT2D eigenvalue weighted by Crippen LogP contribution is -2.18. The third-order valence-corrected chi connectivity index (χ3v) is 4.52. The molecule has 146 valence electrons. The number of hydrogen-bond donors (Lipinski definition) is 2. The van der Waals surface area contributed by atoms with Gasteiger partial charge in [-0.05, 0) is 42.5 Å². The van der Waals surface area contributed by atoms with Gasteiger partial charge in [-0.1, -0.05) is 47.5 Å². The third-order valence-electron chi connectivity index (χ3n) is 3.86. The van der Waals surface area contributed by atoms with Crippen molar-refractivity contribution in [1.29, 1.82) is 0 Å². The van der Waals surface area contributed by atoms with Crippen LogP contribution in [0.3, 0.4) is 0 Å². The highest BCUT2D eigenvalue weighted by Gasteiger charge is 2.12. The van der Waals surface area contributed by atoms with Crippen molar-refractivity contribution in [3.05, 3.63) is 99.3 Å². The summed E-state index contributed by atoms with van der Waals surface area (Å²) in [7, 11) is 0. The molecule has 0 fully saturated rings. The largest absolute Gasteiger partial charge is 0.322 e. The highest BCUT2D eigenvalue weighted by molar-refractivity contribution is 6.38. The number of rotatable bonds is 5. The molecule has 0 bridgehead atoms. The summed E-state index contributed by atoms with van der Waals surface area (Å²) in [6, 6.07) is 16.8. The standard InChI is InChI=1S/C21H14Cl2FN3O2/c22-17-8-4-9-18(23)16(17)12-25-27-20(28)13-5-3-6-14(11-13)26-21(29)15-7-1-2-10-19(15)24/h1-12H,(H,26,29)(H,27,28)/b25-12-. The highest BCUT2D eigenvalue weighted by atomic mass is 35.5. The zero-order valence-electron chi connectivity index (χ0n) is 14.8. The third kappa shape index (κ3) is 5.19. The summed E-state index contributed by atoms with van der Waals surface area (Å²) in [6.07, 6.45) is 1.34. The molecule has 0 aliphatic heterocycles. The lowest BCUT2D eigenvalue weighted by molar-refractivity contribution is 0.0953. The monoisotopic (exact) mass is 429 g/mol. The molecule has 3 aromatic carbocycles. The molecule has 2 amide bonds. The van der Waals surface area contributed by atoms with Gasteiger partial charge >= 0.3 is 0 Å². The lowest BCUT2D eigenvalue weighted by atomic mass is 10.1. The smallest absolute Gasteiger partial charge is 0.271 e. The molecule has 8 heteroatoms. The van der Waals surface area contributed by atoms with Gasteiger partial charge in [-0.3, -0.25) is 9.59 Å². The van der Waals surface area contributed by atoms with Gasteiger partial charge in [0.2, 0.25) is 0 Å². The van der Waals surface area contributed by atoms with Gasteiger partial charge in [0.15, 0.2) is 0 Å². The van der Waals surface area contributed by atoms with Crippen molar-refractivity contribution in [2.24, 2.45) is 5.10 Å². The Hall–Kier alpha value is -3.22. The molecule has 29 heavy (non-hydrogen) atoms. The molecule has 0 radical (unpaired) electrons. The average Bonchev–Trinajstić information content (AvgIpc) is 2.70. The molecule has 0 unspecified atom stereocenters. The fourth-order valence-electron chi connectivity index (χ4n) is 2.44. The van der Waals surface area contributed by atoms with Crippen LogP contribution in [0.5, 0.6) is 0 Å². The highest BCUT2D eigenvalue weighted by Crippen LogP contribution is 2.22. The summed E-state index contributed by atoms with van der Waals surface area (Å²) >= 11 is 12.1. The molecule has 3 aromatic rings. The summed E-state index contributed by atoms with van der Waals surface area (Å²) < 4.78 is 13.7. The number of benzene rings is 3. The second-order valence-electron chi connectivity index (χ2n) is 5.85. The first kappa shape index (κ1) is 20.5. The number of carbonyl (C=O) groups is 2. The molecule has 0 saturated heterocycles. The van der Waals surface area contributed by atoms with Crippen molar-refractivity contribution in [3.63, 3.8) is 0 Å². The molecule has 0 spiro atoms. The number of halogens is 3. The Morgan fingerprint density at radius 1 is 0.897 bits per heavy atom. The molecule has 5 nitrogen and oxygen atoms in total. The molecular formula is C21H14Cl2FN3O2. The number of carbonyl (C=O) groups excluding carboxylic acids is 2. The van der Waals surface area contributed by atoms with E-state index in [9.17, 15) is 14.0 Å². The van der Waals surface area contributed by atoms with Crippen molar-refractivity contribution < 1.29 is 14.0 Å². The fourth-order valence-corrected chi connectivity index (χ4v) is 2.93. The number of hydrogen-bond acceptors (Lipinski definition) is 3. The van der Waals surface area contributed by atoms with E-state index in [2.05, 4.69) is 15.8 Å². The van der Waals surface area contributed by atoms with Crippen LogP contribution in [-0.4, -0.2) is 18.0 Å². The van der Waals surface area contributed by atoms with E-state index in [0.717, 1.165) is 0 Å². The van der Waals surface area contributed by atoms with Crippen LogP contribution in [0.1, 0.15) is 26.3 Å². The zero-order chi connectivity index (χ0) is 20.8. The van der Waals surface area contributed by atoms with Crippen LogP contribution < -0.4 is 10.7 Å². The summed E-state index contributed by atoms with van der Waals surface area (Å²) in [5.41, 5.74) is 3.33. The van der Waals surface area contributed by atoms with Crippen molar-refractivity contribution in [2.75, 3.05) is 5.32 Å². The molecule has 0 atom stereocenters. The molecule has 0 saturated carbocycles. The fraction of sp³-hybridized carbons (Fsp3) is 0. The van der Waals surface area contributed by atoms with Gasteiger partial charge in [0.25, 0.3) is 11.8 Å². The van der Waals surface area contributed by atoms with Gasteiger partial charge < -0.3 is 5.32 Å². The van der Waals surface area contributed by atoms with E-state index in [1.54, 1.807) is 42.5 Å². The van der Waals surface area contributed by atoms with Crippen LogP contribution in [0.15, 0.2) is 71.8 Å². The molecule has 0 aromatic heterocycles. The van der Waals surface area contributed by atoms with E-state index in [0.29, 0.717) is 21.3 Å². The van der Waals surface area contributed by atoms with Crippen LogP contribution in [-0.2, 0) is 0 Å². The van der Waals surface area contributed by atoms with Crippen LogP contribution in [0, 0.1) is 5.82 Å². The van der Waals surface area contributed by atoms with E-state index in [-0.39, 0.29) is 11.1 Å². The molecule has 2 N–H and O–H groups in total. The molecule has 0 heterocycles. The van der Waals surface area contributed by atoms with Crippen molar-refractivity contribution in [3.8, 4) is 0 Å². The predicted octanol–water partition coefficient (Wildman–Crippen LogP) is 5.15. The lowest BCUT2D eigenvalue weighted by Gasteiger charge is -2.07. The Morgan fingerprint density at radius 3 is 2.31 bits per heavy atom. The minimum atomic E-state index is -0.633. The van der Waals surface area contributed by atoms with Gasteiger partial charge in [0, 0.05) is 16.8 Å². The van der Waals surface area contributed by atoms with Crippen molar-refractivity contribution >= 4 is 46.9 Å². The SMILES string of the molecule is O=C(N/N=C\c1c(Cl)cccc1Cl)c1cccc(NC(=O)c2ccccc2F)c1. The van der Waals surface area contributed by atoms with Crippen molar-refractivity contribution in [2.45, 2.75) is 0 Å². The average molecular weight is 430 g/mol. The second kappa shape index (κ2) is 9.32. The quantitative estimate of drug-likeness (QED) is 0.434. The van der Waals surface area contributed by atoms with Crippen LogP contribution in [0.4, 0.5) is 10.1 Å². The van der Waals surface area contributed by atoms with Crippen LogP contribution in [0.25, 0.3) is 0 Å². The zero-order valence-corrected chi connectivity index (χ0v) is 16.3. The summed E-state index contributed by atoms with van der Waals surface area (Å²) in [5, 5.41) is 7.21. The topological polar surface area (TPSA) is 70.6 Å². The van der Waals surface area contributed by atoms with E-state index in [1.807, 2.05) is 0 Å². The number of nitrogens with one attached hydrogen (secondary N) is 2. The van der Waals surface area contributed by atoms with E-state index in [1.165, 1.54) is 30.5 Å². The summed E-state index contributed by atoms with van der Waals surface area (Å²) in [4.78, 5) is 24.5. The first-order chi connectivity index (χ1) is 14.0. The van der Waals surface area contributed by atoms with E-state index < -0.39 is 17.6 Å². The minimum Gasteiger partial charge on any atom is -0.322 e. The molecule has 0 aliphatic rings. The molecule has 3 rings (SSSR count). The maximum atomic E-state index is 13.7. The Labute approximate surface area is 176 Å². The van der Waals surface area contributed by atoms with Crippen LogP contribution >= 0.6 is 23.2 Å². The maximum absolute atomic E-state index is 13.7. The Bertz CT molecular complexity index is 1080. The van der Waals surface area contributed by atoms with E-state index >= 15 is 0 Å². The Balaban J connectivity index is 1.69. The van der Waals surface area contributed by atoms with Gasteiger partial charge in [-0.15, -0.1) is 0 Å². The Morgan fingerprint density at radius 2 is 1.59 bits per heavy atom. The van der Waals surface area contributed by atoms with Crippen molar-refractivity contribution in [1.82, 2.24) is 5.43 Å². The maximum Gasteiger partial charge on any atom is 0.271 e. The first-order valence-corrected chi connectivity index (χ1v) is 9.14. The first-order valence-electron chi connectivity index (χ1n) is 8.39. The molecule has 0 aliphatic carbocycles. The van der Waals surface area contributed by atoms with Gasteiger partial charge in [0.05, 0.1) is 21.8 Å². The summed E-state index contributed by atoms with van der Waals surface area (Å²) in [5.74, 6) is -1.76. The minimum absolute atomic E-state index is 0.0939. The predicted molar refractivity (Wildman–Crippen MR) is 112 cm³/mol. The Kier molecular flexibility index (Phi) is 6.59. The summed E-state index contributed by atoms with van der Waals surface area (Å²) in [6.45, 7) is 0. The van der Waals surface area contributed by atoms with Gasteiger partial charge in [-0.25, -0.2) is 9.82 Å². The second-order valence-corrected chi connectivity index (χ2v) is 6.66. The van der Waals surface area contributed by atoms with Gasteiger partial charge in [-0.2, -0.15) is 5.10 Å². The normalized spacial score (nSPS) is 10.7. The number of anilines is 1. The van der Waals surface area contributed by atoms with Gasteiger partial charge in [0.1, 0.15) is 5.82 Å².